The quantitative estimate of drug-likeness (QED) is 0.861. The first-order valence-corrected chi connectivity index (χ1v) is 6.17. The fourth-order valence-electron chi connectivity index (χ4n) is 2.58. The van der Waals surface area contributed by atoms with E-state index in [-0.39, 0.29) is 5.82 Å². The lowest BCUT2D eigenvalue weighted by molar-refractivity contribution is 0.465. The third-order valence-corrected chi connectivity index (χ3v) is 4.06. The summed E-state index contributed by atoms with van der Waals surface area (Å²) >= 11 is 0. The Labute approximate surface area is 100 Å². The van der Waals surface area contributed by atoms with E-state index in [1.165, 1.54) is 31.7 Å². The van der Waals surface area contributed by atoms with Gasteiger partial charge in [0.15, 0.2) is 0 Å². The van der Waals surface area contributed by atoms with Gasteiger partial charge in [-0.2, -0.15) is 5.26 Å². The van der Waals surface area contributed by atoms with Crippen LogP contribution in [0.1, 0.15) is 31.2 Å². The van der Waals surface area contributed by atoms with Crippen molar-refractivity contribution in [3.05, 3.63) is 29.6 Å². The Morgan fingerprint density at radius 3 is 2.71 bits per heavy atom. The van der Waals surface area contributed by atoms with Crippen molar-refractivity contribution in [2.75, 3.05) is 11.9 Å². The third-order valence-electron chi connectivity index (χ3n) is 4.06. The minimum absolute atomic E-state index is 0.323. The summed E-state index contributed by atoms with van der Waals surface area (Å²) in [7, 11) is 0. The van der Waals surface area contributed by atoms with Gasteiger partial charge in [0.1, 0.15) is 5.82 Å². The van der Waals surface area contributed by atoms with E-state index in [0.717, 1.165) is 12.5 Å². The van der Waals surface area contributed by atoms with Crippen LogP contribution in [-0.4, -0.2) is 6.54 Å². The van der Waals surface area contributed by atoms with E-state index in [4.69, 9.17) is 5.26 Å². The van der Waals surface area contributed by atoms with E-state index in [0.29, 0.717) is 16.7 Å². The Morgan fingerprint density at radius 2 is 2.18 bits per heavy atom. The molecule has 3 rings (SSSR count). The predicted octanol–water partition coefficient (Wildman–Crippen LogP) is 3.30. The standard InChI is InChI=1S/C14H15FN2/c15-12-7-10(8-16)1-4-13(12)17-9-14(5-6-14)11-2-3-11/h1,4,7,11,17H,2-3,5-6,9H2. The smallest absolute Gasteiger partial charge is 0.147 e. The predicted molar refractivity (Wildman–Crippen MR) is 64.0 cm³/mol. The summed E-state index contributed by atoms with van der Waals surface area (Å²) < 4.78 is 13.6. The molecular weight excluding hydrogens is 215 g/mol. The van der Waals surface area contributed by atoms with Crippen LogP contribution in [0, 0.1) is 28.5 Å². The molecule has 2 aliphatic rings. The normalized spacial score (nSPS) is 20.7. The summed E-state index contributed by atoms with van der Waals surface area (Å²) in [5.74, 6) is 0.548. The Hall–Kier alpha value is -1.56. The second-order valence-corrected chi connectivity index (χ2v) is 5.30. The lowest BCUT2D eigenvalue weighted by Crippen LogP contribution is -2.17. The molecule has 17 heavy (non-hydrogen) atoms. The Morgan fingerprint density at radius 1 is 1.41 bits per heavy atom. The van der Waals surface area contributed by atoms with Crippen molar-refractivity contribution < 1.29 is 4.39 Å². The molecule has 0 aromatic heterocycles. The lowest BCUT2D eigenvalue weighted by atomic mass is 10.0. The summed E-state index contributed by atoms with van der Waals surface area (Å²) in [5, 5.41) is 11.9. The van der Waals surface area contributed by atoms with Gasteiger partial charge in [0.05, 0.1) is 17.3 Å². The van der Waals surface area contributed by atoms with E-state index in [1.54, 1.807) is 12.1 Å². The van der Waals surface area contributed by atoms with Gasteiger partial charge in [-0.25, -0.2) is 4.39 Å². The Balaban J connectivity index is 1.67. The highest BCUT2D eigenvalue weighted by atomic mass is 19.1. The number of halogens is 1. The summed E-state index contributed by atoms with van der Waals surface area (Å²) in [4.78, 5) is 0. The highest BCUT2D eigenvalue weighted by Gasteiger charge is 2.53. The zero-order chi connectivity index (χ0) is 11.9. The van der Waals surface area contributed by atoms with Gasteiger partial charge >= 0.3 is 0 Å². The molecule has 0 amide bonds. The molecule has 0 unspecified atom stereocenters. The first-order chi connectivity index (χ1) is 8.23. The minimum atomic E-state index is -0.323. The molecule has 3 heteroatoms. The number of nitrogens with zero attached hydrogens (tertiary/aromatic N) is 1. The largest absolute Gasteiger partial charge is 0.382 e. The Kier molecular flexibility index (Phi) is 2.32. The molecule has 0 radical (unpaired) electrons. The highest BCUT2D eigenvalue weighted by Crippen LogP contribution is 2.61. The number of hydrogen-bond acceptors (Lipinski definition) is 2. The van der Waals surface area contributed by atoms with Crippen LogP contribution in [0.4, 0.5) is 10.1 Å². The van der Waals surface area contributed by atoms with E-state index in [1.807, 2.05) is 6.07 Å². The average Bonchev–Trinajstić information content (AvgIpc) is 3.18. The van der Waals surface area contributed by atoms with Crippen molar-refractivity contribution in [3.63, 3.8) is 0 Å². The third kappa shape index (κ3) is 2.00. The lowest BCUT2D eigenvalue weighted by Gasteiger charge is -2.16. The van der Waals surface area contributed by atoms with Crippen molar-refractivity contribution in [3.8, 4) is 6.07 Å². The number of benzene rings is 1. The summed E-state index contributed by atoms with van der Waals surface area (Å²) in [5.41, 5.74) is 1.35. The maximum atomic E-state index is 13.6. The van der Waals surface area contributed by atoms with Crippen molar-refractivity contribution in [2.45, 2.75) is 25.7 Å². The first-order valence-electron chi connectivity index (χ1n) is 6.17. The van der Waals surface area contributed by atoms with E-state index < -0.39 is 0 Å². The van der Waals surface area contributed by atoms with Crippen LogP contribution in [0.3, 0.4) is 0 Å². The monoisotopic (exact) mass is 230 g/mol. The van der Waals surface area contributed by atoms with E-state index in [9.17, 15) is 4.39 Å². The van der Waals surface area contributed by atoms with Crippen molar-refractivity contribution >= 4 is 5.69 Å². The molecule has 2 aliphatic carbocycles. The van der Waals surface area contributed by atoms with Crippen molar-refractivity contribution in [2.24, 2.45) is 11.3 Å². The van der Waals surface area contributed by atoms with Crippen LogP contribution < -0.4 is 5.32 Å². The van der Waals surface area contributed by atoms with Gasteiger partial charge in [0, 0.05) is 6.54 Å². The topological polar surface area (TPSA) is 35.8 Å². The fourth-order valence-corrected chi connectivity index (χ4v) is 2.58. The molecule has 0 atom stereocenters. The number of rotatable bonds is 4. The maximum Gasteiger partial charge on any atom is 0.147 e. The first kappa shape index (κ1) is 10.6. The Bertz CT molecular complexity index is 481. The molecule has 1 aromatic carbocycles. The van der Waals surface area contributed by atoms with Crippen LogP contribution in [0.15, 0.2) is 18.2 Å². The number of hydrogen-bond donors (Lipinski definition) is 1. The molecule has 0 bridgehead atoms. The van der Waals surface area contributed by atoms with Crippen LogP contribution in [0.2, 0.25) is 0 Å². The van der Waals surface area contributed by atoms with Gasteiger partial charge in [-0.05, 0) is 55.2 Å². The SMILES string of the molecule is N#Cc1ccc(NCC2(C3CC3)CC2)c(F)c1. The molecule has 0 saturated heterocycles. The van der Waals surface area contributed by atoms with Crippen molar-refractivity contribution in [1.82, 2.24) is 0 Å². The minimum Gasteiger partial charge on any atom is -0.382 e. The van der Waals surface area contributed by atoms with Crippen LogP contribution >= 0.6 is 0 Å². The number of nitrogens with one attached hydrogen (secondary N) is 1. The zero-order valence-electron chi connectivity index (χ0n) is 9.67. The summed E-state index contributed by atoms with van der Waals surface area (Å²) in [6.07, 6.45) is 5.25. The maximum absolute atomic E-state index is 13.6. The molecular formula is C14H15FN2. The van der Waals surface area contributed by atoms with Gasteiger partial charge in [-0.3, -0.25) is 0 Å². The fraction of sp³-hybridized carbons (Fsp3) is 0.500. The summed E-state index contributed by atoms with van der Waals surface area (Å²) in [6.45, 7) is 0.875. The second kappa shape index (κ2) is 3.73. The van der Waals surface area contributed by atoms with Crippen LogP contribution in [0.5, 0.6) is 0 Å². The van der Waals surface area contributed by atoms with Crippen molar-refractivity contribution in [1.29, 1.82) is 5.26 Å². The molecule has 2 nitrogen and oxygen atoms in total. The number of nitriles is 1. The molecule has 1 N–H and O–H groups in total. The van der Waals surface area contributed by atoms with Gasteiger partial charge < -0.3 is 5.32 Å². The highest BCUT2D eigenvalue weighted by molar-refractivity contribution is 5.49. The van der Waals surface area contributed by atoms with Gasteiger partial charge in [0.2, 0.25) is 0 Å². The zero-order valence-corrected chi connectivity index (χ0v) is 9.67. The van der Waals surface area contributed by atoms with Crippen LogP contribution in [0.25, 0.3) is 0 Å². The van der Waals surface area contributed by atoms with Gasteiger partial charge in [-0.1, -0.05) is 0 Å². The summed E-state index contributed by atoms with van der Waals surface area (Å²) in [6, 6.07) is 6.55. The van der Waals surface area contributed by atoms with E-state index in [2.05, 4.69) is 5.32 Å². The van der Waals surface area contributed by atoms with Crippen LogP contribution in [-0.2, 0) is 0 Å². The molecule has 2 fully saturated rings. The van der Waals surface area contributed by atoms with Gasteiger partial charge in [-0.15, -0.1) is 0 Å². The molecule has 88 valence electrons. The second-order valence-electron chi connectivity index (χ2n) is 5.30. The molecule has 1 aromatic rings. The molecule has 0 aliphatic heterocycles. The molecule has 0 heterocycles. The number of anilines is 1. The molecule has 0 spiro atoms. The van der Waals surface area contributed by atoms with Gasteiger partial charge in [0.25, 0.3) is 0 Å². The molecule has 2 saturated carbocycles. The average molecular weight is 230 g/mol. The van der Waals surface area contributed by atoms with E-state index >= 15 is 0 Å².